The van der Waals surface area contributed by atoms with Gasteiger partial charge in [-0.2, -0.15) is 13.2 Å². The van der Waals surface area contributed by atoms with Crippen LogP contribution in [0, 0.1) is 11.6 Å². The fraction of sp³-hybridized carbons (Fsp3) is 0.0370. The number of sulfone groups is 1. The van der Waals surface area contributed by atoms with Crippen molar-refractivity contribution in [2.75, 3.05) is 5.32 Å². The summed E-state index contributed by atoms with van der Waals surface area (Å²) in [7, 11) is -4.25. The van der Waals surface area contributed by atoms with Gasteiger partial charge in [0.1, 0.15) is 28.7 Å². The molecular weight excluding hydrogens is 646 g/mol. The van der Waals surface area contributed by atoms with Crippen molar-refractivity contribution in [3.63, 3.8) is 0 Å². The Labute approximate surface area is 250 Å². The number of amides is 1. The van der Waals surface area contributed by atoms with Crippen molar-refractivity contribution >= 4 is 62.0 Å². The van der Waals surface area contributed by atoms with Gasteiger partial charge in [-0.25, -0.2) is 17.2 Å². The Morgan fingerprint density at radius 1 is 0.857 bits per heavy atom. The van der Waals surface area contributed by atoms with E-state index in [0.717, 1.165) is 24.3 Å². The summed E-state index contributed by atoms with van der Waals surface area (Å²) in [5.41, 5.74) is -1.59. The second-order valence-corrected chi connectivity index (χ2v) is 11.5. The van der Waals surface area contributed by atoms with Crippen molar-refractivity contribution in [1.82, 2.24) is 5.32 Å². The van der Waals surface area contributed by atoms with Gasteiger partial charge in [-0.3, -0.25) is 10.1 Å². The Bertz CT molecular complexity index is 1780. The number of anilines is 1. The molecule has 0 saturated heterocycles. The van der Waals surface area contributed by atoms with E-state index in [1.54, 1.807) is 0 Å². The Balaban J connectivity index is 1.43. The van der Waals surface area contributed by atoms with Gasteiger partial charge in [0.05, 0.1) is 25.4 Å². The van der Waals surface area contributed by atoms with Crippen LogP contribution in [0.2, 0.25) is 10.0 Å². The zero-order valence-electron chi connectivity index (χ0n) is 20.6. The molecule has 4 rings (SSSR count). The summed E-state index contributed by atoms with van der Waals surface area (Å²) in [6.07, 6.45) is -4.69. The molecule has 0 atom stereocenters. The molecule has 0 aliphatic carbocycles. The molecule has 0 radical (unpaired) electrons. The maximum atomic E-state index is 13.8. The van der Waals surface area contributed by atoms with E-state index in [4.69, 9.17) is 40.2 Å². The number of benzene rings is 4. The van der Waals surface area contributed by atoms with E-state index in [1.807, 2.05) is 0 Å². The van der Waals surface area contributed by atoms with Crippen LogP contribution in [-0.2, 0) is 16.0 Å². The van der Waals surface area contributed by atoms with Gasteiger partial charge in [-0.1, -0.05) is 29.3 Å². The molecule has 15 heteroatoms. The first-order valence-electron chi connectivity index (χ1n) is 11.4. The van der Waals surface area contributed by atoms with Gasteiger partial charge in [0.15, 0.2) is 5.11 Å². The minimum Gasteiger partial charge on any atom is -0.456 e. The Hall–Kier alpha value is -3.78. The number of alkyl halides is 3. The number of carbonyl (C=O) groups excluding carboxylic acids is 1. The summed E-state index contributed by atoms with van der Waals surface area (Å²) in [6.45, 7) is 0. The minimum absolute atomic E-state index is 0.0718. The van der Waals surface area contributed by atoms with Crippen molar-refractivity contribution in [1.29, 1.82) is 0 Å². The smallest absolute Gasteiger partial charge is 0.416 e. The lowest BCUT2D eigenvalue weighted by molar-refractivity contribution is -0.137. The number of hydrogen-bond acceptors (Lipinski definition) is 5. The van der Waals surface area contributed by atoms with Gasteiger partial charge in [0.2, 0.25) is 9.84 Å². The van der Waals surface area contributed by atoms with E-state index < -0.39 is 54.6 Å². The summed E-state index contributed by atoms with van der Waals surface area (Å²) >= 11 is 17.1. The lowest BCUT2D eigenvalue weighted by Crippen LogP contribution is -2.35. The van der Waals surface area contributed by atoms with E-state index >= 15 is 0 Å². The molecule has 0 fully saturated rings. The SMILES string of the molecule is O=C(NC(=S)Nc1ccc(Oc2ccc(S(=O)(=O)c3ccc(C(F)(F)F)cc3Cl)cc2)c(Cl)c1)c1c(F)cccc1F. The molecule has 2 N–H and O–H groups in total. The molecule has 0 aliphatic heterocycles. The fourth-order valence-electron chi connectivity index (χ4n) is 3.54. The van der Waals surface area contributed by atoms with Gasteiger partial charge < -0.3 is 10.1 Å². The van der Waals surface area contributed by atoms with E-state index in [2.05, 4.69) is 10.6 Å². The number of carbonyl (C=O) groups is 1. The topological polar surface area (TPSA) is 84.5 Å². The molecule has 0 bridgehead atoms. The average Bonchev–Trinajstić information content (AvgIpc) is 2.89. The average molecular weight is 661 g/mol. The summed E-state index contributed by atoms with van der Waals surface area (Å²) in [5, 5.41) is 4.03. The van der Waals surface area contributed by atoms with Crippen LogP contribution in [0.3, 0.4) is 0 Å². The van der Waals surface area contributed by atoms with Crippen LogP contribution >= 0.6 is 35.4 Å². The van der Waals surface area contributed by atoms with Crippen LogP contribution < -0.4 is 15.4 Å². The lowest BCUT2D eigenvalue weighted by atomic mass is 10.2. The molecule has 1 amide bonds. The maximum Gasteiger partial charge on any atom is 0.416 e. The molecule has 0 aliphatic rings. The van der Waals surface area contributed by atoms with Crippen molar-refractivity contribution in [3.05, 3.63) is 112 Å². The predicted octanol–water partition coefficient (Wildman–Crippen LogP) is 8.04. The maximum absolute atomic E-state index is 13.8. The highest BCUT2D eigenvalue weighted by Crippen LogP contribution is 2.36. The van der Waals surface area contributed by atoms with Crippen LogP contribution in [0.15, 0.2) is 88.7 Å². The number of ether oxygens (including phenoxy) is 1. The third kappa shape index (κ3) is 6.98. The Morgan fingerprint density at radius 3 is 2.07 bits per heavy atom. The summed E-state index contributed by atoms with van der Waals surface area (Å²) < 4.78 is 97.9. The van der Waals surface area contributed by atoms with Gasteiger partial charge in [-0.15, -0.1) is 0 Å². The van der Waals surface area contributed by atoms with Crippen molar-refractivity contribution < 1.29 is 39.9 Å². The van der Waals surface area contributed by atoms with Crippen LogP contribution in [-0.4, -0.2) is 19.4 Å². The van der Waals surface area contributed by atoms with Gasteiger partial charge in [0.25, 0.3) is 5.91 Å². The second kappa shape index (κ2) is 12.2. The third-order valence-corrected chi connectivity index (χ3v) is 8.27. The summed E-state index contributed by atoms with van der Waals surface area (Å²) in [5.74, 6) is -2.90. The highest BCUT2D eigenvalue weighted by molar-refractivity contribution is 7.91. The first kappa shape index (κ1) is 31.2. The van der Waals surface area contributed by atoms with Gasteiger partial charge in [0, 0.05) is 5.69 Å². The van der Waals surface area contributed by atoms with E-state index in [-0.39, 0.29) is 26.5 Å². The normalized spacial score (nSPS) is 11.6. The van der Waals surface area contributed by atoms with Gasteiger partial charge >= 0.3 is 6.18 Å². The van der Waals surface area contributed by atoms with Crippen molar-refractivity contribution in [3.8, 4) is 11.5 Å². The molecule has 4 aromatic carbocycles. The predicted molar refractivity (Wildman–Crippen MR) is 150 cm³/mol. The standard InChI is InChI=1S/C27H15Cl2F5N2O4S2/c28-18-13-15(35-26(41)36-25(37)24-20(30)2-1-3-21(24)31)5-10-22(18)40-16-6-8-17(9-7-16)42(38,39)23-11-4-14(12-19(23)29)27(32,33)34/h1-13H,(H2,35,36,37,41). The van der Waals surface area contributed by atoms with Crippen LogP contribution in [0.4, 0.5) is 27.6 Å². The van der Waals surface area contributed by atoms with Crippen molar-refractivity contribution in [2.45, 2.75) is 16.0 Å². The first-order chi connectivity index (χ1) is 19.7. The molecular formula is C27H15Cl2F5N2O4S2. The van der Waals surface area contributed by atoms with E-state index in [9.17, 15) is 35.2 Å². The Kier molecular flexibility index (Phi) is 9.06. The largest absolute Gasteiger partial charge is 0.456 e. The van der Waals surface area contributed by atoms with E-state index in [1.165, 1.54) is 42.5 Å². The Morgan fingerprint density at radius 2 is 1.50 bits per heavy atom. The quantitative estimate of drug-likeness (QED) is 0.161. The molecule has 0 spiro atoms. The minimum atomic E-state index is -4.69. The molecule has 218 valence electrons. The molecule has 4 aromatic rings. The van der Waals surface area contributed by atoms with Crippen molar-refractivity contribution in [2.24, 2.45) is 0 Å². The zero-order valence-corrected chi connectivity index (χ0v) is 23.7. The number of rotatable bonds is 6. The zero-order chi connectivity index (χ0) is 30.8. The number of hydrogen-bond donors (Lipinski definition) is 2. The number of thiocarbonyl (C=S) groups is 1. The molecule has 0 heterocycles. The lowest BCUT2D eigenvalue weighted by Gasteiger charge is -2.13. The monoisotopic (exact) mass is 660 g/mol. The fourth-order valence-corrected chi connectivity index (χ4v) is 5.77. The molecule has 42 heavy (non-hydrogen) atoms. The van der Waals surface area contributed by atoms with E-state index in [0.29, 0.717) is 17.8 Å². The highest BCUT2D eigenvalue weighted by atomic mass is 35.5. The first-order valence-corrected chi connectivity index (χ1v) is 14.1. The highest BCUT2D eigenvalue weighted by Gasteiger charge is 2.32. The molecule has 0 aromatic heterocycles. The molecule has 0 saturated carbocycles. The molecule has 0 unspecified atom stereocenters. The van der Waals surface area contributed by atoms with Crippen LogP contribution in [0.25, 0.3) is 0 Å². The van der Waals surface area contributed by atoms with Gasteiger partial charge in [-0.05, 0) is 85.0 Å². The second-order valence-electron chi connectivity index (χ2n) is 8.37. The molecule has 6 nitrogen and oxygen atoms in total. The summed E-state index contributed by atoms with van der Waals surface area (Å²) in [4.78, 5) is 11.5. The number of halogens is 7. The number of nitrogens with one attached hydrogen (secondary N) is 2. The summed E-state index contributed by atoms with van der Waals surface area (Å²) in [6, 6.07) is 14.2. The third-order valence-electron chi connectivity index (χ3n) is 5.52. The van der Waals surface area contributed by atoms with Crippen LogP contribution in [0.5, 0.6) is 11.5 Å². The van der Waals surface area contributed by atoms with Crippen LogP contribution in [0.1, 0.15) is 15.9 Å².